The van der Waals surface area contributed by atoms with Gasteiger partial charge in [-0.25, -0.2) is 0 Å². The molecule has 0 saturated heterocycles. The number of anilines is 1. The minimum Gasteiger partial charge on any atom is -0.368 e. The van der Waals surface area contributed by atoms with E-state index in [1.54, 1.807) is 24.3 Å². The zero-order valence-corrected chi connectivity index (χ0v) is 12.0. The van der Waals surface area contributed by atoms with Crippen molar-refractivity contribution in [3.8, 4) is 0 Å². The first-order chi connectivity index (χ1) is 10.2. The van der Waals surface area contributed by atoms with Gasteiger partial charge in [0, 0.05) is 28.4 Å². The van der Waals surface area contributed by atoms with E-state index in [1.165, 1.54) is 0 Å². The van der Waals surface area contributed by atoms with Gasteiger partial charge in [-0.15, -0.1) is 0 Å². The fourth-order valence-electron chi connectivity index (χ4n) is 2.14. The molecule has 106 valence electrons. The second kappa shape index (κ2) is 5.97. The molecule has 1 heterocycles. The number of amidine groups is 1. The molecule has 0 spiro atoms. The minimum absolute atomic E-state index is 0.179. The van der Waals surface area contributed by atoms with E-state index < -0.39 is 0 Å². The van der Waals surface area contributed by atoms with Crippen molar-refractivity contribution in [3.63, 3.8) is 0 Å². The number of aliphatic imine (C=N–C) groups is 1. The van der Waals surface area contributed by atoms with E-state index in [0.717, 1.165) is 30.2 Å². The van der Waals surface area contributed by atoms with Gasteiger partial charge in [0.05, 0.1) is 6.54 Å². The van der Waals surface area contributed by atoms with Crippen molar-refractivity contribution in [2.24, 2.45) is 4.99 Å². The Morgan fingerprint density at radius 2 is 2.00 bits per heavy atom. The second-order valence-electron chi connectivity index (χ2n) is 4.70. The summed E-state index contributed by atoms with van der Waals surface area (Å²) in [6.45, 7) is 1.69. The molecular weight excluding hydrogens is 286 g/mol. The van der Waals surface area contributed by atoms with Crippen LogP contribution in [0.15, 0.2) is 53.5 Å². The topological polar surface area (TPSA) is 53.5 Å². The average molecular weight is 300 g/mol. The molecule has 0 saturated carbocycles. The average Bonchev–Trinajstić information content (AvgIpc) is 3.02. The number of rotatable bonds is 3. The summed E-state index contributed by atoms with van der Waals surface area (Å²) >= 11 is 5.89. The Bertz CT molecular complexity index is 695. The van der Waals surface area contributed by atoms with Gasteiger partial charge in [0.15, 0.2) is 0 Å². The van der Waals surface area contributed by atoms with Crippen LogP contribution < -0.4 is 10.6 Å². The number of nitrogens with one attached hydrogen (secondary N) is 2. The Morgan fingerprint density at radius 1 is 1.19 bits per heavy atom. The number of hydrogen-bond donors (Lipinski definition) is 2. The van der Waals surface area contributed by atoms with Gasteiger partial charge >= 0.3 is 0 Å². The van der Waals surface area contributed by atoms with Gasteiger partial charge in [0.1, 0.15) is 5.84 Å². The zero-order chi connectivity index (χ0) is 14.7. The maximum Gasteiger partial charge on any atom is 0.255 e. The third kappa shape index (κ3) is 3.23. The summed E-state index contributed by atoms with van der Waals surface area (Å²) in [5.41, 5.74) is 2.30. The molecule has 1 aliphatic heterocycles. The molecule has 2 aromatic rings. The minimum atomic E-state index is -0.179. The summed E-state index contributed by atoms with van der Waals surface area (Å²) in [7, 11) is 0. The lowest BCUT2D eigenvalue weighted by molar-refractivity contribution is 0.102. The van der Waals surface area contributed by atoms with Crippen molar-refractivity contribution in [1.29, 1.82) is 0 Å². The number of benzene rings is 2. The van der Waals surface area contributed by atoms with Crippen LogP contribution in [0.3, 0.4) is 0 Å². The molecule has 1 amide bonds. The first kappa shape index (κ1) is 13.6. The molecule has 1 aliphatic rings. The molecule has 0 aromatic heterocycles. The van der Waals surface area contributed by atoms with Crippen LogP contribution >= 0.6 is 11.6 Å². The standard InChI is InChI=1S/C16H14ClN3O/c17-13-3-1-2-12(10-13)16(21)20-14-6-4-11(5-7-14)15-18-8-9-19-15/h1-7,10H,8-9H2,(H,18,19)(H,20,21). The van der Waals surface area contributed by atoms with Crippen molar-refractivity contribution in [2.45, 2.75) is 0 Å². The Kier molecular flexibility index (Phi) is 3.88. The lowest BCUT2D eigenvalue weighted by atomic mass is 10.1. The van der Waals surface area contributed by atoms with Gasteiger partial charge in [-0.2, -0.15) is 0 Å². The number of amides is 1. The summed E-state index contributed by atoms with van der Waals surface area (Å²) < 4.78 is 0. The first-order valence-corrected chi connectivity index (χ1v) is 7.06. The van der Waals surface area contributed by atoms with Crippen molar-refractivity contribution in [1.82, 2.24) is 5.32 Å². The molecule has 3 rings (SSSR count). The highest BCUT2D eigenvalue weighted by atomic mass is 35.5. The SMILES string of the molecule is O=C(Nc1ccc(C2=NCCN2)cc1)c1cccc(Cl)c1. The summed E-state index contributed by atoms with van der Waals surface area (Å²) in [6.07, 6.45) is 0. The van der Waals surface area contributed by atoms with Crippen LogP contribution in [-0.2, 0) is 0 Å². The number of nitrogens with zero attached hydrogens (tertiary/aromatic N) is 1. The molecule has 0 fully saturated rings. The van der Waals surface area contributed by atoms with Crippen molar-refractivity contribution < 1.29 is 4.79 Å². The van der Waals surface area contributed by atoms with E-state index in [4.69, 9.17) is 11.6 Å². The smallest absolute Gasteiger partial charge is 0.255 e. The number of hydrogen-bond acceptors (Lipinski definition) is 3. The highest BCUT2D eigenvalue weighted by molar-refractivity contribution is 6.31. The zero-order valence-electron chi connectivity index (χ0n) is 11.3. The van der Waals surface area contributed by atoms with Crippen LogP contribution in [-0.4, -0.2) is 24.8 Å². The maximum atomic E-state index is 12.1. The van der Waals surface area contributed by atoms with E-state index in [1.807, 2.05) is 24.3 Å². The van der Waals surface area contributed by atoms with Gasteiger partial charge in [-0.3, -0.25) is 9.79 Å². The van der Waals surface area contributed by atoms with Crippen molar-refractivity contribution in [3.05, 3.63) is 64.7 Å². The van der Waals surface area contributed by atoms with E-state index >= 15 is 0 Å². The summed E-state index contributed by atoms with van der Waals surface area (Å²) in [5, 5.41) is 6.60. The third-order valence-electron chi connectivity index (χ3n) is 3.18. The summed E-state index contributed by atoms with van der Waals surface area (Å²) in [6, 6.07) is 14.5. The van der Waals surface area contributed by atoms with Crippen LogP contribution in [0, 0.1) is 0 Å². The number of carbonyl (C=O) groups excluding carboxylic acids is 1. The molecule has 0 radical (unpaired) electrons. The monoisotopic (exact) mass is 299 g/mol. The molecule has 2 N–H and O–H groups in total. The van der Waals surface area contributed by atoms with Crippen LogP contribution in [0.2, 0.25) is 5.02 Å². The van der Waals surface area contributed by atoms with E-state index in [2.05, 4.69) is 15.6 Å². The number of carbonyl (C=O) groups is 1. The third-order valence-corrected chi connectivity index (χ3v) is 3.41. The molecule has 5 heteroatoms. The predicted octanol–water partition coefficient (Wildman–Crippen LogP) is 2.94. The molecule has 4 nitrogen and oxygen atoms in total. The summed E-state index contributed by atoms with van der Waals surface area (Å²) in [4.78, 5) is 16.5. The number of halogens is 1. The molecule has 0 atom stereocenters. The Hall–Kier alpha value is -2.33. The maximum absolute atomic E-state index is 12.1. The van der Waals surface area contributed by atoms with E-state index in [9.17, 15) is 4.79 Å². The van der Waals surface area contributed by atoms with Gasteiger partial charge in [0.2, 0.25) is 0 Å². The molecular formula is C16H14ClN3O. The molecule has 21 heavy (non-hydrogen) atoms. The lowest BCUT2D eigenvalue weighted by Gasteiger charge is -2.07. The molecule has 0 bridgehead atoms. The fraction of sp³-hybridized carbons (Fsp3) is 0.125. The second-order valence-corrected chi connectivity index (χ2v) is 5.14. The van der Waals surface area contributed by atoms with Crippen LogP contribution in [0.5, 0.6) is 0 Å². The highest BCUT2D eigenvalue weighted by Crippen LogP contribution is 2.15. The van der Waals surface area contributed by atoms with E-state index in [0.29, 0.717) is 10.6 Å². The molecule has 0 aliphatic carbocycles. The van der Waals surface area contributed by atoms with Gasteiger partial charge in [0.25, 0.3) is 5.91 Å². The predicted molar refractivity (Wildman–Crippen MR) is 85.3 cm³/mol. The van der Waals surface area contributed by atoms with Crippen molar-refractivity contribution in [2.75, 3.05) is 18.4 Å². The Balaban J connectivity index is 1.71. The normalized spacial score (nSPS) is 13.5. The van der Waals surface area contributed by atoms with Crippen LogP contribution in [0.1, 0.15) is 15.9 Å². The molecule has 2 aromatic carbocycles. The summed E-state index contributed by atoms with van der Waals surface area (Å²) in [5.74, 6) is 0.726. The quantitative estimate of drug-likeness (QED) is 0.915. The van der Waals surface area contributed by atoms with Gasteiger partial charge in [-0.05, 0) is 42.5 Å². The lowest BCUT2D eigenvalue weighted by Crippen LogP contribution is -2.19. The van der Waals surface area contributed by atoms with Crippen molar-refractivity contribution >= 4 is 29.0 Å². The Morgan fingerprint density at radius 3 is 2.67 bits per heavy atom. The first-order valence-electron chi connectivity index (χ1n) is 6.68. The van der Waals surface area contributed by atoms with E-state index in [-0.39, 0.29) is 5.91 Å². The van der Waals surface area contributed by atoms with Crippen LogP contribution in [0.4, 0.5) is 5.69 Å². The van der Waals surface area contributed by atoms with Crippen LogP contribution in [0.25, 0.3) is 0 Å². The fourth-order valence-corrected chi connectivity index (χ4v) is 2.33. The molecule has 0 unspecified atom stereocenters. The highest BCUT2D eigenvalue weighted by Gasteiger charge is 2.09. The van der Waals surface area contributed by atoms with Gasteiger partial charge < -0.3 is 10.6 Å². The Labute approximate surface area is 127 Å². The largest absolute Gasteiger partial charge is 0.368 e. The van der Waals surface area contributed by atoms with Gasteiger partial charge in [-0.1, -0.05) is 17.7 Å².